The molecular formula is C25H28F2. The van der Waals surface area contributed by atoms with Crippen LogP contribution in [0.4, 0.5) is 8.78 Å². The van der Waals surface area contributed by atoms with Crippen LogP contribution in [-0.4, -0.2) is 0 Å². The number of rotatable bonds is 4. The van der Waals surface area contributed by atoms with Crippen LogP contribution in [0.1, 0.15) is 66.3 Å². The summed E-state index contributed by atoms with van der Waals surface area (Å²) in [5.41, 5.74) is 7.05. The van der Waals surface area contributed by atoms with Crippen molar-refractivity contribution in [3.8, 4) is 0 Å². The molecular weight excluding hydrogens is 338 g/mol. The van der Waals surface area contributed by atoms with E-state index in [1.54, 1.807) is 22.8 Å². The van der Waals surface area contributed by atoms with E-state index in [4.69, 9.17) is 0 Å². The second-order valence-corrected chi connectivity index (χ2v) is 8.21. The maximum absolute atomic E-state index is 13.6. The summed E-state index contributed by atoms with van der Waals surface area (Å²) in [7, 11) is 0. The Bertz CT molecular complexity index is 850. The zero-order valence-corrected chi connectivity index (χ0v) is 16.1. The first-order chi connectivity index (χ1) is 13.2. The zero-order valence-electron chi connectivity index (χ0n) is 16.1. The van der Waals surface area contributed by atoms with E-state index in [-0.39, 0.29) is 0 Å². The Labute approximate surface area is 161 Å². The number of hydrogen-bond acceptors (Lipinski definition) is 0. The van der Waals surface area contributed by atoms with E-state index in [2.05, 4.69) is 31.2 Å². The van der Waals surface area contributed by atoms with E-state index in [0.29, 0.717) is 5.92 Å². The number of benzene rings is 2. The fraction of sp³-hybridized carbons (Fsp3) is 0.440. The maximum atomic E-state index is 13.6. The minimum atomic E-state index is -0.756. The number of allylic oxidation sites excluding steroid dienone is 2. The molecule has 0 unspecified atom stereocenters. The van der Waals surface area contributed by atoms with Crippen molar-refractivity contribution in [2.45, 2.75) is 64.2 Å². The van der Waals surface area contributed by atoms with Crippen molar-refractivity contribution in [3.63, 3.8) is 0 Å². The van der Waals surface area contributed by atoms with Crippen LogP contribution in [0, 0.1) is 17.6 Å². The third-order valence-electron chi connectivity index (χ3n) is 6.54. The predicted molar refractivity (Wildman–Crippen MR) is 107 cm³/mol. The molecule has 0 amide bonds. The molecule has 0 aliphatic heterocycles. The van der Waals surface area contributed by atoms with Crippen LogP contribution in [0.2, 0.25) is 0 Å². The summed E-state index contributed by atoms with van der Waals surface area (Å²) in [6, 6.07) is 9.04. The third-order valence-corrected chi connectivity index (χ3v) is 6.54. The Kier molecular flexibility index (Phi) is 5.43. The van der Waals surface area contributed by atoms with Crippen LogP contribution in [0.25, 0.3) is 0 Å². The molecule has 0 spiro atoms. The van der Waals surface area contributed by atoms with E-state index in [1.807, 2.05) is 0 Å². The Hall–Kier alpha value is -1.96. The van der Waals surface area contributed by atoms with E-state index >= 15 is 0 Å². The average Bonchev–Trinajstić information content (AvgIpc) is 2.69. The van der Waals surface area contributed by atoms with Crippen molar-refractivity contribution < 1.29 is 8.78 Å². The molecule has 0 radical (unpaired) electrons. The first kappa shape index (κ1) is 18.4. The Morgan fingerprint density at radius 3 is 2.41 bits per heavy atom. The summed E-state index contributed by atoms with van der Waals surface area (Å²) in [5.74, 6) is -0.381. The highest BCUT2D eigenvalue weighted by atomic mass is 19.2. The Morgan fingerprint density at radius 2 is 1.67 bits per heavy atom. The van der Waals surface area contributed by atoms with Gasteiger partial charge in [-0.3, -0.25) is 0 Å². The molecule has 2 aromatic carbocycles. The van der Waals surface area contributed by atoms with Gasteiger partial charge in [0.05, 0.1) is 0 Å². The largest absolute Gasteiger partial charge is 0.204 e. The van der Waals surface area contributed by atoms with Gasteiger partial charge >= 0.3 is 0 Å². The summed E-state index contributed by atoms with van der Waals surface area (Å²) in [5, 5.41) is 0. The maximum Gasteiger partial charge on any atom is 0.159 e. The lowest BCUT2D eigenvalue weighted by molar-refractivity contribution is 0.427. The van der Waals surface area contributed by atoms with E-state index in [0.717, 1.165) is 30.7 Å². The standard InChI is InChI=1S/C25H28F2/c1-2-3-4-5-17-6-11-22-20(14-17)7-8-21-15-18(9-12-23(21)22)19-10-13-24(26)25(27)16-19/h2-3,7-8,10,13,16-18H,4-6,9,11-12,14-15H2,1H3/b3-2+/t17-,18-/m0/s1. The first-order valence-electron chi connectivity index (χ1n) is 10.3. The van der Waals surface area contributed by atoms with E-state index in [1.165, 1.54) is 49.8 Å². The minimum Gasteiger partial charge on any atom is -0.204 e. The molecule has 0 heterocycles. The smallest absolute Gasteiger partial charge is 0.159 e. The van der Waals surface area contributed by atoms with Gasteiger partial charge in [-0.2, -0.15) is 0 Å². The highest BCUT2D eigenvalue weighted by Gasteiger charge is 2.27. The topological polar surface area (TPSA) is 0 Å². The molecule has 0 aromatic heterocycles. The summed E-state index contributed by atoms with van der Waals surface area (Å²) in [6.07, 6.45) is 13.7. The predicted octanol–water partition coefficient (Wildman–Crippen LogP) is 6.70. The van der Waals surface area contributed by atoms with Crippen molar-refractivity contribution in [3.05, 3.63) is 81.9 Å². The normalized spacial score (nSPS) is 21.9. The van der Waals surface area contributed by atoms with Crippen LogP contribution in [-0.2, 0) is 25.7 Å². The van der Waals surface area contributed by atoms with Crippen LogP contribution >= 0.6 is 0 Å². The van der Waals surface area contributed by atoms with Gasteiger partial charge in [-0.1, -0.05) is 30.4 Å². The highest BCUT2D eigenvalue weighted by molar-refractivity contribution is 5.45. The molecule has 0 fully saturated rings. The molecule has 142 valence electrons. The fourth-order valence-electron chi connectivity index (χ4n) is 5.04. The van der Waals surface area contributed by atoms with Crippen LogP contribution in [0.5, 0.6) is 0 Å². The van der Waals surface area contributed by atoms with Gasteiger partial charge in [0.1, 0.15) is 0 Å². The quantitative estimate of drug-likeness (QED) is 0.528. The van der Waals surface area contributed by atoms with E-state index in [9.17, 15) is 8.78 Å². The van der Waals surface area contributed by atoms with Crippen LogP contribution < -0.4 is 0 Å². The third kappa shape index (κ3) is 3.85. The summed E-state index contributed by atoms with van der Waals surface area (Å²) < 4.78 is 26.9. The molecule has 2 atom stereocenters. The highest BCUT2D eigenvalue weighted by Crippen LogP contribution is 2.39. The van der Waals surface area contributed by atoms with Gasteiger partial charge in [-0.05, 0) is 110 Å². The number of halogens is 2. The molecule has 0 bridgehead atoms. The molecule has 0 saturated heterocycles. The summed E-state index contributed by atoms with van der Waals surface area (Å²) >= 11 is 0. The van der Waals surface area contributed by atoms with Gasteiger partial charge < -0.3 is 0 Å². The summed E-state index contributed by atoms with van der Waals surface area (Å²) in [4.78, 5) is 0. The monoisotopic (exact) mass is 366 g/mol. The van der Waals surface area contributed by atoms with Crippen molar-refractivity contribution >= 4 is 0 Å². The molecule has 4 rings (SSSR count). The molecule has 2 aromatic rings. The first-order valence-corrected chi connectivity index (χ1v) is 10.3. The number of hydrogen-bond donors (Lipinski definition) is 0. The lowest BCUT2D eigenvalue weighted by atomic mass is 9.73. The molecule has 2 heteroatoms. The second-order valence-electron chi connectivity index (χ2n) is 8.21. The van der Waals surface area contributed by atoms with Crippen molar-refractivity contribution in [2.24, 2.45) is 5.92 Å². The molecule has 0 N–H and O–H groups in total. The second kappa shape index (κ2) is 7.96. The molecule has 0 nitrogen and oxygen atoms in total. The minimum absolute atomic E-state index is 0.294. The van der Waals surface area contributed by atoms with Gasteiger partial charge in [0.15, 0.2) is 11.6 Å². The number of fused-ring (bicyclic) bond motifs is 3. The SMILES string of the molecule is C/C=C/CC[C@H]1CCc2c(ccc3c2CC[C@H](c2ccc(F)c(F)c2)C3)C1. The average molecular weight is 366 g/mol. The van der Waals surface area contributed by atoms with Gasteiger partial charge in [0.25, 0.3) is 0 Å². The van der Waals surface area contributed by atoms with Gasteiger partial charge in [0, 0.05) is 0 Å². The van der Waals surface area contributed by atoms with Gasteiger partial charge in [-0.25, -0.2) is 8.78 Å². The fourth-order valence-corrected chi connectivity index (χ4v) is 5.04. The molecule has 2 aliphatic carbocycles. The van der Waals surface area contributed by atoms with Crippen molar-refractivity contribution in [1.82, 2.24) is 0 Å². The van der Waals surface area contributed by atoms with Crippen molar-refractivity contribution in [1.29, 1.82) is 0 Å². The Morgan fingerprint density at radius 1 is 0.926 bits per heavy atom. The lowest BCUT2D eigenvalue weighted by Crippen LogP contribution is -2.20. The molecule has 27 heavy (non-hydrogen) atoms. The van der Waals surface area contributed by atoms with E-state index < -0.39 is 11.6 Å². The molecule has 0 saturated carbocycles. The molecule has 2 aliphatic rings. The van der Waals surface area contributed by atoms with Gasteiger partial charge in [0.2, 0.25) is 0 Å². The lowest BCUT2D eigenvalue weighted by Gasteiger charge is -2.32. The van der Waals surface area contributed by atoms with Crippen LogP contribution in [0.15, 0.2) is 42.5 Å². The Balaban J connectivity index is 1.51. The van der Waals surface area contributed by atoms with Crippen LogP contribution in [0.3, 0.4) is 0 Å². The zero-order chi connectivity index (χ0) is 18.8. The summed E-state index contributed by atoms with van der Waals surface area (Å²) in [6.45, 7) is 2.09. The van der Waals surface area contributed by atoms with Crippen molar-refractivity contribution in [2.75, 3.05) is 0 Å². The van der Waals surface area contributed by atoms with Gasteiger partial charge in [-0.15, -0.1) is 0 Å².